The van der Waals surface area contributed by atoms with E-state index in [1.807, 2.05) is 0 Å². The Morgan fingerprint density at radius 2 is 1.86 bits per heavy atom. The van der Waals surface area contributed by atoms with Crippen LogP contribution in [0.3, 0.4) is 0 Å². The van der Waals surface area contributed by atoms with Gasteiger partial charge in [-0.2, -0.15) is 0 Å². The van der Waals surface area contributed by atoms with E-state index in [0.29, 0.717) is 17.9 Å². The van der Waals surface area contributed by atoms with Crippen molar-refractivity contribution >= 4 is 16.9 Å². The molecule has 0 radical (unpaired) electrons. The maximum absolute atomic E-state index is 12.4. The van der Waals surface area contributed by atoms with Crippen LogP contribution in [0.2, 0.25) is 0 Å². The molecule has 1 aliphatic heterocycles. The van der Waals surface area contributed by atoms with Gasteiger partial charge in [0.1, 0.15) is 11.3 Å². The van der Waals surface area contributed by atoms with Crippen LogP contribution in [0.4, 0.5) is 0 Å². The molecule has 2 fully saturated rings. The predicted molar refractivity (Wildman–Crippen MR) is 109 cm³/mol. The Bertz CT molecular complexity index is 897. The zero-order chi connectivity index (χ0) is 20.1. The van der Waals surface area contributed by atoms with Crippen molar-refractivity contribution in [2.24, 2.45) is 0 Å². The molecule has 1 amide bonds. The summed E-state index contributed by atoms with van der Waals surface area (Å²) in [4.78, 5) is 26.3. The van der Waals surface area contributed by atoms with E-state index in [1.165, 1.54) is 25.3 Å². The fourth-order valence-corrected chi connectivity index (χ4v) is 4.45. The molecule has 7 heteroatoms. The van der Waals surface area contributed by atoms with Gasteiger partial charge < -0.3 is 19.2 Å². The van der Waals surface area contributed by atoms with Crippen molar-refractivity contribution in [3.63, 3.8) is 0 Å². The molecule has 1 aromatic carbocycles. The Hall–Kier alpha value is -2.38. The van der Waals surface area contributed by atoms with Crippen LogP contribution in [0.25, 0.3) is 11.0 Å². The van der Waals surface area contributed by atoms with Gasteiger partial charge in [0.05, 0.1) is 13.2 Å². The molecule has 2 aliphatic rings. The topological polar surface area (TPSA) is 81.0 Å². The highest BCUT2D eigenvalue weighted by molar-refractivity contribution is 5.79. The van der Waals surface area contributed by atoms with E-state index in [2.05, 4.69) is 10.2 Å². The molecule has 1 aliphatic carbocycles. The Morgan fingerprint density at radius 3 is 2.66 bits per heavy atom. The predicted octanol–water partition coefficient (Wildman–Crippen LogP) is 2.32. The summed E-state index contributed by atoms with van der Waals surface area (Å²) in [7, 11) is 0. The molecule has 1 aromatic heterocycles. The van der Waals surface area contributed by atoms with Gasteiger partial charge in [-0.05, 0) is 31.0 Å². The van der Waals surface area contributed by atoms with Crippen molar-refractivity contribution in [3.8, 4) is 5.75 Å². The molecule has 1 saturated carbocycles. The van der Waals surface area contributed by atoms with Crippen molar-refractivity contribution in [1.29, 1.82) is 0 Å². The highest BCUT2D eigenvalue weighted by Crippen LogP contribution is 2.33. The standard InChI is InChI=1S/C22H28N2O5/c25-20(15-28-18-6-4-17-5-7-21(26)29-19(17)14-18)23-16-22(8-2-1-3-9-22)24-10-12-27-13-11-24/h4-7,14H,1-3,8-13,15-16H2,(H,23,25). The van der Waals surface area contributed by atoms with E-state index < -0.39 is 5.63 Å². The van der Waals surface area contributed by atoms with E-state index in [4.69, 9.17) is 13.9 Å². The fourth-order valence-electron chi connectivity index (χ4n) is 4.45. The van der Waals surface area contributed by atoms with Crippen LogP contribution in [0, 0.1) is 0 Å². The monoisotopic (exact) mass is 400 g/mol. The summed E-state index contributed by atoms with van der Waals surface area (Å²) in [6, 6.07) is 8.30. The summed E-state index contributed by atoms with van der Waals surface area (Å²) in [6.07, 6.45) is 5.88. The number of amides is 1. The number of rotatable bonds is 6. The van der Waals surface area contributed by atoms with Gasteiger partial charge in [-0.1, -0.05) is 19.3 Å². The van der Waals surface area contributed by atoms with E-state index in [1.54, 1.807) is 24.3 Å². The second-order valence-electron chi connectivity index (χ2n) is 7.90. The average Bonchev–Trinajstić information content (AvgIpc) is 2.77. The number of fused-ring (bicyclic) bond motifs is 1. The minimum atomic E-state index is -0.409. The first-order valence-electron chi connectivity index (χ1n) is 10.4. The van der Waals surface area contributed by atoms with Gasteiger partial charge in [-0.15, -0.1) is 0 Å². The van der Waals surface area contributed by atoms with Gasteiger partial charge in [-0.25, -0.2) is 4.79 Å². The summed E-state index contributed by atoms with van der Waals surface area (Å²) in [6.45, 7) is 3.95. The van der Waals surface area contributed by atoms with Crippen LogP contribution in [0.5, 0.6) is 5.75 Å². The second kappa shape index (κ2) is 8.97. The number of ether oxygens (including phenoxy) is 2. The van der Waals surface area contributed by atoms with Crippen LogP contribution >= 0.6 is 0 Å². The van der Waals surface area contributed by atoms with Crippen molar-refractivity contribution in [2.75, 3.05) is 39.5 Å². The summed E-state index contributed by atoms with van der Waals surface area (Å²) in [5.74, 6) is 0.361. The molecule has 4 rings (SSSR count). The summed E-state index contributed by atoms with van der Waals surface area (Å²) in [5.41, 5.74) is 0.0708. The molecule has 7 nitrogen and oxygen atoms in total. The molecular weight excluding hydrogens is 372 g/mol. The Morgan fingerprint density at radius 1 is 1.10 bits per heavy atom. The first-order chi connectivity index (χ1) is 14.1. The average molecular weight is 400 g/mol. The smallest absolute Gasteiger partial charge is 0.336 e. The molecule has 29 heavy (non-hydrogen) atoms. The number of nitrogens with one attached hydrogen (secondary N) is 1. The molecule has 2 heterocycles. The molecule has 156 valence electrons. The van der Waals surface area contributed by atoms with Crippen molar-refractivity contribution in [1.82, 2.24) is 10.2 Å². The maximum atomic E-state index is 12.4. The third kappa shape index (κ3) is 4.79. The lowest BCUT2D eigenvalue weighted by molar-refractivity contribution is -0.124. The zero-order valence-corrected chi connectivity index (χ0v) is 16.7. The molecule has 0 unspecified atom stereocenters. The molecular formula is C22H28N2O5. The van der Waals surface area contributed by atoms with E-state index in [0.717, 1.165) is 44.5 Å². The number of morpholine rings is 1. The molecule has 0 bridgehead atoms. The Balaban J connectivity index is 1.34. The van der Waals surface area contributed by atoms with E-state index >= 15 is 0 Å². The number of benzene rings is 1. The lowest BCUT2D eigenvalue weighted by atomic mass is 9.79. The third-order valence-corrected chi connectivity index (χ3v) is 6.05. The highest BCUT2D eigenvalue weighted by Gasteiger charge is 2.38. The third-order valence-electron chi connectivity index (χ3n) is 6.05. The molecule has 0 atom stereocenters. The van der Waals surface area contributed by atoms with E-state index in [9.17, 15) is 9.59 Å². The summed E-state index contributed by atoms with van der Waals surface area (Å²) >= 11 is 0. The Labute approximate surface area is 170 Å². The quantitative estimate of drug-likeness (QED) is 0.750. The normalized spacial score (nSPS) is 19.7. The maximum Gasteiger partial charge on any atom is 0.336 e. The molecule has 1 N–H and O–H groups in total. The summed E-state index contributed by atoms with van der Waals surface area (Å²) < 4.78 is 16.3. The number of carbonyl (C=O) groups is 1. The first kappa shape index (κ1) is 19.9. The highest BCUT2D eigenvalue weighted by atomic mass is 16.5. The van der Waals surface area contributed by atoms with Crippen LogP contribution in [-0.4, -0.2) is 55.8 Å². The number of hydrogen-bond acceptors (Lipinski definition) is 6. The fraction of sp³-hybridized carbons (Fsp3) is 0.545. The van der Waals surface area contributed by atoms with Crippen molar-refractivity contribution in [2.45, 2.75) is 37.6 Å². The molecule has 1 saturated heterocycles. The van der Waals surface area contributed by atoms with Gasteiger partial charge >= 0.3 is 5.63 Å². The zero-order valence-electron chi connectivity index (χ0n) is 16.7. The lowest BCUT2D eigenvalue weighted by Gasteiger charge is -2.48. The lowest BCUT2D eigenvalue weighted by Crippen LogP contribution is -2.60. The van der Waals surface area contributed by atoms with Gasteiger partial charge in [0, 0.05) is 42.7 Å². The van der Waals surface area contributed by atoms with Crippen LogP contribution in [0.15, 0.2) is 39.5 Å². The Kier molecular flexibility index (Phi) is 6.16. The van der Waals surface area contributed by atoms with Crippen LogP contribution in [0.1, 0.15) is 32.1 Å². The van der Waals surface area contributed by atoms with Crippen molar-refractivity contribution < 1.29 is 18.7 Å². The largest absolute Gasteiger partial charge is 0.484 e. The number of nitrogens with zero attached hydrogens (tertiary/aromatic N) is 1. The van der Waals surface area contributed by atoms with Gasteiger partial charge in [0.2, 0.25) is 0 Å². The minimum Gasteiger partial charge on any atom is -0.484 e. The van der Waals surface area contributed by atoms with Gasteiger partial charge in [0.25, 0.3) is 5.91 Å². The van der Waals surface area contributed by atoms with Crippen LogP contribution in [-0.2, 0) is 9.53 Å². The van der Waals surface area contributed by atoms with E-state index in [-0.39, 0.29) is 18.1 Å². The number of carbonyl (C=O) groups excluding carboxylic acids is 1. The first-order valence-corrected chi connectivity index (χ1v) is 10.4. The number of hydrogen-bond donors (Lipinski definition) is 1. The van der Waals surface area contributed by atoms with Gasteiger partial charge in [0.15, 0.2) is 6.61 Å². The minimum absolute atomic E-state index is 0.0318. The summed E-state index contributed by atoms with van der Waals surface area (Å²) in [5, 5.41) is 3.90. The van der Waals surface area contributed by atoms with Crippen LogP contribution < -0.4 is 15.7 Å². The van der Waals surface area contributed by atoms with Gasteiger partial charge in [-0.3, -0.25) is 9.69 Å². The molecule has 0 spiro atoms. The van der Waals surface area contributed by atoms with Crippen molar-refractivity contribution in [3.05, 3.63) is 40.8 Å². The second-order valence-corrected chi connectivity index (χ2v) is 7.90. The molecule has 2 aromatic rings. The SMILES string of the molecule is O=C(COc1ccc2ccc(=O)oc2c1)NCC1(N2CCOCC2)CCCCC1.